The summed E-state index contributed by atoms with van der Waals surface area (Å²) in [4.78, 5) is 0. The zero-order valence-electron chi connectivity index (χ0n) is 14.5. The molecule has 1 aliphatic rings. The van der Waals surface area contributed by atoms with Gasteiger partial charge in [-0.1, -0.05) is 81.4 Å². The van der Waals surface area contributed by atoms with Gasteiger partial charge in [-0.25, -0.2) is 0 Å². The predicted molar refractivity (Wildman–Crippen MR) is 94.2 cm³/mol. The molecule has 0 unspecified atom stereocenters. The van der Waals surface area contributed by atoms with Crippen LogP contribution in [0.4, 0.5) is 0 Å². The van der Waals surface area contributed by atoms with Gasteiger partial charge in [-0.3, -0.25) is 0 Å². The van der Waals surface area contributed by atoms with Crippen molar-refractivity contribution in [2.45, 2.75) is 44.7 Å². The molecule has 1 heterocycles. The topological polar surface area (TPSA) is 49.7 Å². The lowest BCUT2D eigenvalue weighted by molar-refractivity contribution is -0.351. The molecular weight excluding hydrogens is 300 g/mol. The van der Waals surface area contributed by atoms with E-state index in [9.17, 15) is 10.2 Å². The van der Waals surface area contributed by atoms with Crippen LogP contribution in [-0.4, -0.2) is 16.0 Å². The molecule has 3 nitrogen and oxygen atoms in total. The van der Waals surface area contributed by atoms with Crippen LogP contribution in [0.2, 0.25) is 0 Å². The number of aliphatic hydroxyl groups is 2. The highest BCUT2D eigenvalue weighted by atomic mass is 16.6. The third-order valence-electron chi connectivity index (χ3n) is 5.69. The minimum Gasteiger partial charge on any atom is -0.384 e. The second kappa shape index (κ2) is 6.32. The van der Waals surface area contributed by atoms with Gasteiger partial charge in [-0.15, -0.1) is 0 Å². The van der Waals surface area contributed by atoms with Gasteiger partial charge in [0.05, 0.1) is 6.10 Å². The van der Waals surface area contributed by atoms with Crippen molar-refractivity contribution in [1.29, 1.82) is 0 Å². The molecule has 3 heteroatoms. The van der Waals surface area contributed by atoms with Crippen molar-refractivity contribution in [3.05, 3.63) is 71.8 Å². The van der Waals surface area contributed by atoms with Crippen molar-refractivity contribution in [1.82, 2.24) is 0 Å². The Labute approximate surface area is 143 Å². The first-order valence-electron chi connectivity index (χ1n) is 8.66. The summed E-state index contributed by atoms with van der Waals surface area (Å²) in [5, 5.41) is 22.9. The smallest absolute Gasteiger partial charge is 0.171 e. The number of rotatable bonds is 3. The van der Waals surface area contributed by atoms with Crippen molar-refractivity contribution in [2.24, 2.45) is 11.8 Å². The number of hydrogen-bond donors (Lipinski definition) is 2. The van der Waals surface area contributed by atoms with E-state index in [0.29, 0.717) is 6.42 Å². The molecule has 1 aliphatic heterocycles. The average Bonchev–Trinajstić information content (AvgIpc) is 2.64. The molecule has 0 aliphatic carbocycles. The van der Waals surface area contributed by atoms with Gasteiger partial charge in [-0.05, 0) is 17.5 Å². The zero-order valence-corrected chi connectivity index (χ0v) is 14.5. The molecule has 0 spiro atoms. The summed E-state index contributed by atoms with van der Waals surface area (Å²) in [6.07, 6.45) is 0.0388. The van der Waals surface area contributed by atoms with Gasteiger partial charge in [0.15, 0.2) is 5.79 Å². The molecule has 1 fully saturated rings. The number of ether oxygens (including phenoxy) is 1. The molecule has 0 bridgehead atoms. The number of benzene rings is 2. The summed E-state index contributed by atoms with van der Waals surface area (Å²) < 4.78 is 6.15. The van der Waals surface area contributed by atoms with Gasteiger partial charge in [0, 0.05) is 11.8 Å². The Morgan fingerprint density at radius 3 is 2.00 bits per heavy atom. The molecular formula is C21H26O3. The summed E-state index contributed by atoms with van der Waals surface area (Å²) >= 11 is 0. The van der Waals surface area contributed by atoms with Crippen molar-refractivity contribution in [3.63, 3.8) is 0 Å². The quantitative estimate of drug-likeness (QED) is 0.896. The Hall–Kier alpha value is -1.68. The fourth-order valence-electron chi connectivity index (χ4n) is 4.00. The van der Waals surface area contributed by atoms with Crippen molar-refractivity contribution in [3.8, 4) is 0 Å². The highest BCUT2D eigenvalue weighted by molar-refractivity contribution is 5.29. The normalized spacial score (nSPS) is 36.5. The third kappa shape index (κ3) is 2.57. The molecule has 3 rings (SSSR count). The monoisotopic (exact) mass is 326 g/mol. The third-order valence-corrected chi connectivity index (χ3v) is 5.69. The Morgan fingerprint density at radius 1 is 0.917 bits per heavy atom. The van der Waals surface area contributed by atoms with Gasteiger partial charge in [-0.2, -0.15) is 0 Å². The molecule has 128 valence electrons. The van der Waals surface area contributed by atoms with Crippen LogP contribution < -0.4 is 0 Å². The van der Waals surface area contributed by atoms with E-state index in [1.165, 1.54) is 0 Å². The summed E-state index contributed by atoms with van der Waals surface area (Å²) in [7, 11) is 0. The first-order valence-corrected chi connectivity index (χ1v) is 8.66. The lowest BCUT2D eigenvalue weighted by Gasteiger charge is -2.54. The molecule has 0 radical (unpaired) electrons. The van der Waals surface area contributed by atoms with Gasteiger partial charge in [0.2, 0.25) is 0 Å². The van der Waals surface area contributed by atoms with Crippen LogP contribution in [0.25, 0.3) is 0 Å². The molecule has 2 N–H and O–H groups in total. The van der Waals surface area contributed by atoms with E-state index in [1.54, 1.807) is 0 Å². The van der Waals surface area contributed by atoms with E-state index in [-0.39, 0.29) is 12.0 Å². The highest BCUT2D eigenvalue weighted by Crippen LogP contribution is 2.54. The maximum absolute atomic E-state index is 11.7. The average molecular weight is 326 g/mol. The Morgan fingerprint density at radius 2 is 1.46 bits per heavy atom. The summed E-state index contributed by atoms with van der Waals surface area (Å²) in [6, 6.07) is 19.5. The molecule has 0 amide bonds. The van der Waals surface area contributed by atoms with Crippen LogP contribution >= 0.6 is 0 Å². The lowest BCUT2D eigenvalue weighted by Crippen LogP contribution is -2.59. The minimum atomic E-state index is -1.38. The van der Waals surface area contributed by atoms with E-state index >= 15 is 0 Å². The fourth-order valence-corrected chi connectivity index (χ4v) is 4.00. The summed E-state index contributed by atoms with van der Waals surface area (Å²) in [5.74, 6) is -2.03. The highest BCUT2D eigenvalue weighted by Gasteiger charge is 2.58. The minimum absolute atomic E-state index is 0.205. The second-order valence-electron chi connectivity index (χ2n) is 6.85. The van der Waals surface area contributed by atoms with Crippen LogP contribution in [0, 0.1) is 11.8 Å². The Bertz CT molecular complexity index is 672. The Balaban J connectivity index is 2.13. The van der Waals surface area contributed by atoms with E-state index in [1.807, 2.05) is 81.4 Å². The lowest BCUT2D eigenvalue weighted by atomic mass is 9.65. The van der Waals surface area contributed by atoms with Gasteiger partial charge < -0.3 is 14.9 Å². The SMILES string of the molecule is CC[C@]1(O)O[C@H](c2ccccc2)[C@@H](C)[C@](O)(c2ccccc2)[C@H]1C. The van der Waals surface area contributed by atoms with E-state index in [0.717, 1.165) is 11.1 Å². The molecule has 0 saturated carbocycles. The molecule has 5 atom stereocenters. The first-order chi connectivity index (χ1) is 11.4. The predicted octanol–water partition coefficient (Wildman–Crippen LogP) is 4.02. The standard InChI is InChI=1S/C21H26O3/c1-4-20(22)16(3)21(23,18-13-9-6-10-14-18)15(2)19(24-20)17-11-7-5-8-12-17/h5-16,19,22-23H,4H2,1-3H3/t15-,16+,19+,20+,21-/m1/s1. The van der Waals surface area contributed by atoms with E-state index < -0.39 is 17.3 Å². The van der Waals surface area contributed by atoms with Gasteiger partial charge in [0.25, 0.3) is 0 Å². The molecule has 0 aromatic heterocycles. The largest absolute Gasteiger partial charge is 0.384 e. The van der Waals surface area contributed by atoms with Crippen molar-refractivity contribution < 1.29 is 14.9 Å². The van der Waals surface area contributed by atoms with Crippen molar-refractivity contribution >= 4 is 0 Å². The second-order valence-corrected chi connectivity index (χ2v) is 6.85. The van der Waals surface area contributed by atoms with E-state index in [4.69, 9.17) is 4.74 Å². The van der Waals surface area contributed by atoms with Crippen LogP contribution in [0.15, 0.2) is 60.7 Å². The maximum atomic E-state index is 11.7. The van der Waals surface area contributed by atoms with Crippen molar-refractivity contribution in [2.75, 3.05) is 0 Å². The van der Waals surface area contributed by atoms with Crippen LogP contribution in [-0.2, 0) is 10.3 Å². The first kappa shape index (κ1) is 17.2. The molecule has 1 saturated heterocycles. The summed E-state index contributed by atoms with van der Waals surface area (Å²) in [5.41, 5.74) is 0.615. The maximum Gasteiger partial charge on any atom is 0.171 e. The van der Waals surface area contributed by atoms with Crippen LogP contribution in [0.5, 0.6) is 0 Å². The van der Waals surface area contributed by atoms with E-state index in [2.05, 4.69) is 0 Å². The number of hydrogen-bond acceptors (Lipinski definition) is 3. The fraction of sp³-hybridized carbons (Fsp3) is 0.429. The van der Waals surface area contributed by atoms with Gasteiger partial charge in [0.1, 0.15) is 5.60 Å². The zero-order chi connectivity index (χ0) is 17.4. The van der Waals surface area contributed by atoms with Crippen LogP contribution in [0.3, 0.4) is 0 Å². The molecule has 2 aromatic rings. The summed E-state index contributed by atoms with van der Waals surface area (Å²) in [6.45, 7) is 5.75. The Kier molecular flexibility index (Phi) is 4.52. The van der Waals surface area contributed by atoms with Gasteiger partial charge >= 0.3 is 0 Å². The van der Waals surface area contributed by atoms with Crippen LogP contribution in [0.1, 0.15) is 44.4 Å². The molecule has 2 aromatic carbocycles. The molecule has 24 heavy (non-hydrogen) atoms.